The van der Waals surface area contributed by atoms with Gasteiger partial charge in [-0.3, -0.25) is 0 Å². The molecule has 3 nitrogen and oxygen atoms in total. The number of unbranched alkanes of at least 4 members (excludes halogenated alkanes) is 3. The third kappa shape index (κ3) is 7.04. The summed E-state index contributed by atoms with van der Waals surface area (Å²) in [7, 11) is 0. The van der Waals surface area contributed by atoms with Crippen LogP contribution in [0.4, 0.5) is 4.79 Å². The van der Waals surface area contributed by atoms with Gasteiger partial charge in [0.1, 0.15) is 5.75 Å². The second kappa shape index (κ2) is 10.1. The minimum Gasteiger partial charge on any atom is -0.410 e. The third-order valence-corrected chi connectivity index (χ3v) is 3.36. The molecule has 1 rings (SSSR count). The highest BCUT2D eigenvalue weighted by Gasteiger charge is 2.06. The van der Waals surface area contributed by atoms with Gasteiger partial charge in [-0.25, -0.2) is 4.79 Å². The second-order valence-corrected chi connectivity index (χ2v) is 5.16. The van der Waals surface area contributed by atoms with Crippen molar-refractivity contribution >= 4 is 29.8 Å². The summed E-state index contributed by atoms with van der Waals surface area (Å²) in [5.74, 6) is 0.541. The average Bonchev–Trinajstić information content (AvgIpc) is 2.49. The molecular weight excluding hydrogens is 282 g/mol. The molecule has 0 unspecified atom stereocenters. The van der Waals surface area contributed by atoms with E-state index in [9.17, 15) is 4.79 Å². The van der Waals surface area contributed by atoms with Crippen LogP contribution < -0.4 is 10.1 Å². The van der Waals surface area contributed by atoms with Crippen molar-refractivity contribution in [1.29, 1.82) is 0 Å². The first-order valence-electron chi connectivity index (χ1n) is 7.35. The van der Waals surface area contributed by atoms with Crippen molar-refractivity contribution in [3.05, 3.63) is 35.4 Å². The van der Waals surface area contributed by atoms with E-state index in [-0.39, 0.29) is 0 Å². The van der Waals surface area contributed by atoms with Crippen molar-refractivity contribution in [2.75, 3.05) is 6.54 Å². The summed E-state index contributed by atoms with van der Waals surface area (Å²) in [6, 6.07) is 7.41. The number of benzene rings is 1. The number of allylic oxidation sites excluding steroid dienone is 1. The average molecular weight is 305 g/mol. The van der Waals surface area contributed by atoms with Crippen LogP contribution in [0.25, 0.3) is 6.08 Å². The van der Waals surface area contributed by atoms with Gasteiger partial charge in [-0.1, -0.05) is 56.6 Å². The highest BCUT2D eigenvalue weighted by atomic mass is 32.1. The van der Waals surface area contributed by atoms with Crippen LogP contribution >= 0.6 is 12.2 Å². The summed E-state index contributed by atoms with van der Waals surface area (Å²) < 4.78 is 5.35. The molecule has 1 amide bonds. The van der Waals surface area contributed by atoms with E-state index >= 15 is 0 Å². The molecule has 114 valence electrons. The van der Waals surface area contributed by atoms with Gasteiger partial charge in [-0.2, -0.15) is 0 Å². The zero-order valence-corrected chi connectivity index (χ0v) is 13.5. The minimum atomic E-state index is -0.410. The molecule has 0 atom stereocenters. The van der Waals surface area contributed by atoms with Crippen LogP contribution in [-0.2, 0) is 0 Å². The first-order valence-corrected chi connectivity index (χ1v) is 7.82. The van der Waals surface area contributed by atoms with Gasteiger partial charge < -0.3 is 10.1 Å². The van der Waals surface area contributed by atoms with E-state index in [1.165, 1.54) is 12.8 Å². The van der Waals surface area contributed by atoms with E-state index < -0.39 is 6.09 Å². The summed E-state index contributed by atoms with van der Waals surface area (Å²) >= 11 is 4.88. The monoisotopic (exact) mass is 305 g/mol. The number of carbonyl (C=O) groups excluding carboxylic acids is 1. The van der Waals surface area contributed by atoms with Gasteiger partial charge in [0.15, 0.2) is 0 Å². The first-order chi connectivity index (χ1) is 10.2. The van der Waals surface area contributed by atoms with Gasteiger partial charge in [0, 0.05) is 17.5 Å². The predicted molar refractivity (Wildman–Crippen MR) is 91.9 cm³/mol. The first kappa shape index (κ1) is 17.4. The van der Waals surface area contributed by atoms with Crippen LogP contribution in [-0.4, -0.2) is 18.0 Å². The lowest BCUT2D eigenvalue weighted by Gasteiger charge is -2.09. The molecular formula is C17H23NO2S. The predicted octanol–water partition coefficient (Wildman–Crippen LogP) is 4.76. The Labute approximate surface area is 132 Å². The molecule has 0 spiro atoms. The van der Waals surface area contributed by atoms with E-state index in [2.05, 4.69) is 12.2 Å². The molecule has 4 heteroatoms. The largest absolute Gasteiger partial charge is 0.412 e. The van der Waals surface area contributed by atoms with Gasteiger partial charge in [0.2, 0.25) is 0 Å². The molecule has 0 bridgehead atoms. The van der Waals surface area contributed by atoms with Gasteiger partial charge >= 0.3 is 6.09 Å². The molecule has 0 aliphatic heterocycles. The van der Waals surface area contributed by atoms with Gasteiger partial charge in [0.25, 0.3) is 0 Å². The van der Waals surface area contributed by atoms with Gasteiger partial charge in [-0.05, 0) is 31.1 Å². The smallest absolute Gasteiger partial charge is 0.410 e. The fourth-order valence-corrected chi connectivity index (χ4v) is 1.92. The lowest BCUT2D eigenvalue weighted by atomic mass is 10.1. The summed E-state index contributed by atoms with van der Waals surface area (Å²) in [4.78, 5) is 11.8. The Bertz CT molecular complexity index is 497. The maximum absolute atomic E-state index is 11.8. The molecule has 1 aromatic carbocycles. The van der Waals surface area contributed by atoms with Crippen molar-refractivity contribution in [3.63, 3.8) is 0 Å². The Morgan fingerprint density at radius 3 is 2.76 bits per heavy atom. The Kier molecular flexibility index (Phi) is 8.36. The summed E-state index contributed by atoms with van der Waals surface area (Å²) in [5.41, 5.74) is 1.79. The molecule has 0 aliphatic carbocycles. The number of rotatable bonds is 8. The molecule has 0 heterocycles. The Balaban J connectivity index is 2.54. The van der Waals surface area contributed by atoms with E-state index in [4.69, 9.17) is 17.0 Å². The third-order valence-electron chi connectivity index (χ3n) is 2.99. The van der Waals surface area contributed by atoms with Crippen LogP contribution in [0.5, 0.6) is 5.75 Å². The Morgan fingerprint density at radius 2 is 2.05 bits per heavy atom. The standard InChI is InChI=1S/C17H23NO2S/c1-3-4-5-8-11-18-17(19)20-16-10-7-6-9-15(16)12-14(2)13-21/h6-7,9-10,12-13H,3-5,8,11H2,1-2H3,(H,18,19). The van der Waals surface area contributed by atoms with Crippen molar-refractivity contribution in [2.45, 2.75) is 39.5 Å². The fourth-order valence-electron chi connectivity index (χ4n) is 1.85. The number of amides is 1. The van der Waals surface area contributed by atoms with Crippen LogP contribution in [0.2, 0.25) is 0 Å². The summed E-state index contributed by atoms with van der Waals surface area (Å²) in [5, 5.41) is 4.38. The van der Waals surface area contributed by atoms with Crippen LogP contribution in [0.3, 0.4) is 0 Å². The normalized spacial score (nSPS) is 11.0. The SMILES string of the molecule is CCCCCCNC(=O)Oc1ccccc1C=C(C)C=S. The topological polar surface area (TPSA) is 38.3 Å². The molecule has 0 fully saturated rings. The summed E-state index contributed by atoms with van der Waals surface area (Å²) in [6.07, 6.45) is 5.98. The highest BCUT2D eigenvalue weighted by Crippen LogP contribution is 2.20. The minimum absolute atomic E-state index is 0.410. The second-order valence-electron chi connectivity index (χ2n) is 4.92. The number of ether oxygens (including phenoxy) is 1. The molecule has 1 aromatic rings. The molecule has 21 heavy (non-hydrogen) atoms. The number of thiocarbonyl (C=S) groups is 1. The van der Waals surface area contributed by atoms with Crippen molar-refractivity contribution in [2.24, 2.45) is 0 Å². The number of carbonyl (C=O) groups is 1. The molecule has 0 saturated carbocycles. The molecule has 1 N–H and O–H groups in total. The maximum atomic E-state index is 11.8. The van der Waals surface area contributed by atoms with E-state index in [1.807, 2.05) is 31.2 Å². The zero-order valence-electron chi connectivity index (χ0n) is 12.7. The van der Waals surface area contributed by atoms with Crippen molar-refractivity contribution in [3.8, 4) is 5.75 Å². The number of nitrogens with one attached hydrogen (secondary N) is 1. The van der Waals surface area contributed by atoms with Gasteiger partial charge in [0.05, 0.1) is 0 Å². The molecule has 0 saturated heterocycles. The zero-order chi connectivity index (χ0) is 15.5. The summed E-state index contributed by atoms with van der Waals surface area (Å²) in [6.45, 7) is 4.72. The fraction of sp³-hybridized carbons (Fsp3) is 0.412. The van der Waals surface area contributed by atoms with Crippen molar-refractivity contribution in [1.82, 2.24) is 5.32 Å². The van der Waals surface area contributed by atoms with Crippen LogP contribution in [0, 0.1) is 0 Å². The van der Waals surface area contributed by atoms with E-state index in [1.54, 1.807) is 11.4 Å². The van der Waals surface area contributed by atoms with Gasteiger partial charge in [-0.15, -0.1) is 0 Å². The van der Waals surface area contributed by atoms with Crippen LogP contribution in [0.15, 0.2) is 29.8 Å². The van der Waals surface area contributed by atoms with Crippen molar-refractivity contribution < 1.29 is 9.53 Å². The highest BCUT2D eigenvalue weighted by molar-refractivity contribution is 7.79. The lowest BCUT2D eigenvalue weighted by molar-refractivity contribution is 0.200. The molecule has 0 radical (unpaired) electrons. The Morgan fingerprint density at radius 1 is 1.29 bits per heavy atom. The molecule has 0 aliphatic rings. The number of para-hydroxylation sites is 1. The number of hydrogen-bond acceptors (Lipinski definition) is 3. The van der Waals surface area contributed by atoms with Crippen LogP contribution in [0.1, 0.15) is 45.1 Å². The quantitative estimate of drug-likeness (QED) is 0.427. The Hall–Kier alpha value is -1.68. The van der Waals surface area contributed by atoms with E-state index in [0.717, 1.165) is 24.0 Å². The number of hydrogen-bond donors (Lipinski definition) is 1. The molecule has 0 aromatic heterocycles. The maximum Gasteiger partial charge on any atom is 0.412 e. The lowest BCUT2D eigenvalue weighted by Crippen LogP contribution is -2.27. The van der Waals surface area contributed by atoms with E-state index in [0.29, 0.717) is 12.3 Å².